The van der Waals surface area contributed by atoms with Crippen LogP contribution in [0.3, 0.4) is 0 Å². The van der Waals surface area contributed by atoms with E-state index >= 15 is 0 Å². The van der Waals surface area contributed by atoms with E-state index in [0.29, 0.717) is 12.1 Å². The Bertz CT molecular complexity index is 998. The fraction of sp³-hybridized carbons (Fsp3) is 0.400. The highest BCUT2D eigenvalue weighted by molar-refractivity contribution is 5.96. The van der Waals surface area contributed by atoms with E-state index in [1.165, 1.54) is 22.2 Å². The third-order valence-electron chi connectivity index (χ3n) is 6.30. The van der Waals surface area contributed by atoms with Crippen molar-refractivity contribution in [2.75, 3.05) is 5.32 Å². The first-order valence-corrected chi connectivity index (χ1v) is 10.8. The molecule has 160 valence electrons. The van der Waals surface area contributed by atoms with Gasteiger partial charge in [0.25, 0.3) is 0 Å². The largest absolute Gasteiger partial charge is 0.358 e. The predicted octanol–water partition coefficient (Wildman–Crippen LogP) is 5.78. The molecule has 3 N–H and O–H groups in total. The fourth-order valence-electron chi connectivity index (χ4n) is 4.28. The first-order valence-electron chi connectivity index (χ1n) is 10.8. The molecule has 4 nitrogen and oxygen atoms in total. The van der Waals surface area contributed by atoms with Crippen molar-refractivity contribution in [1.29, 1.82) is 0 Å². The molecular weight excluding hydrogens is 394 g/mol. The summed E-state index contributed by atoms with van der Waals surface area (Å²) >= 11 is 0. The number of carbonyl (C=O) groups excluding carboxylic acids is 1. The van der Waals surface area contributed by atoms with Crippen molar-refractivity contribution in [3.05, 3.63) is 65.4 Å². The smallest absolute Gasteiger partial charge is 0.227 e. The van der Waals surface area contributed by atoms with Gasteiger partial charge < -0.3 is 15.6 Å². The second-order valence-electron chi connectivity index (χ2n) is 8.38. The number of hydrogen-bond acceptors (Lipinski definition) is 2. The zero-order valence-corrected chi connectivity index (χ0v) is 18.8. The summed E-state index contributed by atoms with van der Waals surface area (Å²) in [6, 6.07) is 17.6. The number of carbonyl (C=O) groups is 1. The van der Waals surface area contributed by atoms with Crippen LogP contribution in [-0.4, -0.2) is 16.9 Å². The average Bonchev–Trinajstić information content (AvgIpc) is 3.11. The maximum Gasteiger partial charge on any atom is 0.227 e. The van der Waals surface area contributed by atoms with Gasteiger partial charge in [-0.1, -0.05) is 44.2 Å². The van der Waals surface area contributed by atoms with Gasteiger partial charge in [0.05, 0.1) is 0 Å². The maximum absolute atomic E-state index is 12.3. The monoisotopic (exact) mass is 425 g/mol. The molecule has 1 amide bonds. The third-order valence-corrected chi connectivity index (χ3v) is 6.30. The van der Waals surface area contributed by atoms with Crippen molar-refractivity contribution in [1.82, 2.24) is 10.3 Å². The first-order chi connectivity index (χ1) is 14.0. The summed E-state index contributed by atoms with van der Waals surface area (Å²) in [5.74, 6) is 0.117. The van der Waals surface area contributed by atoms with E-state index in [4.69, 9.17) is 0 Å². The Kier molecular flexibility index (Phi) is 7.22. The number of H-pyrrole nitrogens is 1. The van der Waals surface area contributed by atoms with Crippen LogP contribution in [0, 0.1) is 5.92 Å². The van der Waals surface area contributed by atoms with Gasteiger partial charge in [0.15, 0.2) is 0 Å². The van der Waals surface area contributed by atoms with E-state index in [0.717, 1.165) is 36.9 Å². The van der Waals surface area contributed by atoms with Gasteiger partial charge in [-0.25, -0.2) is 0 Å². The molecule has 5 heteroatoms. The van der Waals surface area contributed by atoms with Gasteiger partial charge in [0.1, 0.15) is 0 Å². The molecule has 1 aliphatic carbocycles. The molecule has 3 aromatic rings. The Balaban J connectivity index is 0.00000256. The minimum Gasteiger partial charge on any atom is -0.358 e. The molecule has 2 aromatic carbocycles. The molecule has 0 saturated carbocycles. The summed E-state index contributed by atoms with van der Waals surface area (Å²) in [7, 11) is 0. The third kappa shape index (κ3) is 4.71. The average molecular weight is 426 g/mol. The van der Waals surface area contributed by atoms with Crippen molar-refractivity contribution in [2.45, 2.75) is 58.5 Å². The molecule has 0 radical (unpaired) electrons. The van der Waals surface area contributed by atoms with Gasteiger partial charge in [-0.05, 0) is 61.9 Å². The van der Waals surface area contributed by atoms with Gasteiger partial charge in [0.2, 0.25) is 5.91 Å². The number of aromatic nitrogens is 1. The van der Waals surface area contributed by atoms with Gasteiger partial charge in [-0.2, -0.15) is 0 Å². The van der Waals surface area contributed by atoms with Gasteiger partial charge in [-0.15, -0.1) is 12.4 Å². The maximum atomic E-state index is 12.3. The number of aryl methyl sites for hydroxylation is 1. The van der Waals surface area contributed by atoms with Crippen LogP contribution in [0.4, 0.5) is 5.69 Å². The van der Waals surface area contributed by atoms with Crippen LogP contribution >= 0.6 is 12.4 Å². The Labute approximate surface area is 185 Å². The molecule has 1 aliphatic rings. The number of anilines is 1. The van der Waals surface area contributed by atoms with Crippen molar-refractivity contribution in [3.63, 3.8) is 0 Å². The Hall–Kier alpha value is -2.30. The first kappa shape index (κ1) is 22.4. The van der Waals surface area contributed by atoms with Gasteiger partial charge in [-0.3, -0.25) is 4.79 Å². The highest BCUT2D eigenvalue weighted by Crippen LogP contribution is 2.32. The number of rotatable bonds is 6. The summed E-state index contributed by atoms with van der Waals surface area (Å²) in [5.41, 5.74) is 6.11. The van der Waals surface area contributed by atoms with Crippen LogP contribution in [0.1, 0.15) is 56.5 Å². The van der Waals surface area contributed by atoms with Crippen LogP contribution in [0.2, 0.25) is 0 Å². The zero-order valence-electron chi connectivity index (χ0n) is 18.0. The molecule has 0 bridgehead atoms. The van der Waals surface area contributed by atoms with Crippen LogP contribution in [0.15, 0.2) is 48.5 Å². The Morgan fingerprint density at radius 3 is 2.67 bits per heavy atom. The molecule has 1 aromatic heterocycles. The summed E-state index contributed by atoms with van der Waals surface area (Å²) in [6.45, 7) is 6.25. The van der Waals surface area contributed by atoms with Crippen LogP contribution in [0.25, 0.3) is 10.9 Å². The molecular formula is C25H32ClN3O. The molecule has 0 fully saturated rings. The minimum absolute atomic E-state index is 0. The number of benzene rings is 2. The van der Waals surface area contributed by atoms with E-state index in [9.17, 15) is 4.79 Å². The lowest BCUT2D eigenvalue weighted by Crippen LogP contribution is -2.36. The number of fused-ring (bicyclic) bond motifs is 3. The van der Waals surface area contributed by atoms with E-state index in [-0.39, 0.29) is 24.2 Å². The molecule has 0 aliphatic heterocycles. The fourth-order valence-corrected chi connectivity index (χ4v) is 4.28. The molecule has 0 spiro atoms. The van der Waals surface area contributed by atoms with Crippen LogP contribution in [-0.2, 0) is 17.6 Å². The summed E-state index contributed by atoms with van der Waals surface area (Å²) < 4.78 is 0. The number of hydrogen-bond donors (Lipinski definition) is 3. The second-order valence-corrected chi connectivity index (χ2v) is 8.38. The molecule has 3 unspecified atom stereocenters. The molecule has 3 atom stereocenters. The van der Waals surface area contributed by atoms with Crippen molar-refractivity contribution in [3.8, 4) is 0 Å². The van der Waals surface area contributed by atoms with Gasteiger partial charge in [0, 0.05) is 40.3 Å². The minimum atomic E-state index is 0. The lowest BCUT2D eigenvalue weighted by Gasteiger charge is -2.27. The lowest BCUT2D eigenvalue weighted by atomic mass is 9.90. The van der Waals surface area contributed by atoms with Crippen LogP contribution < -0.4 is 10.6 Å². The van der Waals surface area contributed by atoms with Crippen molar-refractivity contribution >= 4 is 34.9 Å². The van der Waals surface area contributed by atoms with Crippen molar-refractivity contribution in [2.24, 2.45) is 5.92 Å². The summed E-state index contributed by atoms with van der Waals surface area (Å²) in [5, 5.41) is 8.13. The molecule has 0 saturated heterocycles. The topological polar surface area (TPSA) is 56.9 Å². The number of nitrogens with one attached hydrogen (secondary N) is 3. The van der Waals surface area contributed by atoms with Crippen LogP contribution in [0.5, 0.6) is 0 Å². The highest BCUT2D eigenvalue weighted by Gasteiger charge is 2.24. The zero-order chi connectivity index (χ0) is 20.4. The Morgan fingerprint density at radius 2 is 1.93 bits per heavy atom. The van der Waals surface area contributed by atoms with E-state index < -0.39 is 0 Å². The van der Waals surface area contributed by atoms with E-state index in [2.05, 4.69) is 65.0 Å². The quantitative estimate of drug-likeness (QED) is 0.468. The molecule has 30 heavy (non-hydrogen) atoms. The Morgan fingerprint density at radius 1 is 1.17 bits per heavy atom. The lowest BCUT2D eigenvalue weighted by molar-refractivity contribution is -0.119. The van der Waals surface area contributed by atoms with Gasteiger partial charge >= 0.3 is 0 Å². The normalized spacial score (nSPS) is 17.6. The summed E-state index contributed by atoms with van der Waals surface area (Å²) in [6.07, 6.45) is 4.04. The molecule has 4 rings (SSSR count). The summed E-state index contributed by atoms with van der Waals surface area (Å²) in [4.78, 5) is 15.9. The number of amides is 1. The predicted molar refractivity (Wildman–Crippen MR) is 127 cm³/mol. The standard InChI is InChI=1S/C25H31N3O.ClH/c1-4-16(2)25(29)27-20-11-13-24-22(15-20)21-14-19(10-12-23(21)28-24)26-17(3)18-8-6-5-7-9-18;/h5-9,11,13,15-17,19,26,28H,4,10,12,14H2,1-3H3,(H,27,29);1H. The SMILES string of the molecule is CCC(C)C(=O)Nc1ccc2[nH]c3c(c2c1)CC(NC(C)c1ccccc1)CC3.Cl. The molecule has 1 heterocycles. The number of halogens is 1. The van der Waals surface area contributed by atoms with Crippen molar-refractivity contribution < 1.29 is 4.79 Å². The highest BCUT2D eigenvalue weighted by atomic mass is 35.5. The second kappa shape index (κ2) is 9.67. The van der Waals surface area contributed by atoms with E-state index in [1.54, 1.807) is 0 Å². The number of aromatic amines is 1. The van der Waals surface area contributed by atoms with E-state index in [1.807, 2.05) is 19.9 Å².